The topological polar surface area (TPSA) is 55.1 Å². The van der Waals surface area contributed by atoms with Crippen molar-refractivity contribution in [2.24, 2.45) is 5.73 Å². The lowest BCUT2D eigenvalue weighted by atomic mass is 10.0. The lowest BCUT2D eigenvalue weighted by Crippen LogP contribution is -2.40. The number of nitrogens with two attached hydrogens (primary N) is 1. The van der Waals surface area contributed by atoms with Crippen molar-refractivity contribution in [1.82, 2.24) is 5.32 Å². The van der Waals surface area contributed by atoms with Crippen LogP contribution in [-0.4, -0.2) is 19.0 Å². The monoisotopic (exact) mass is 206 g/mol. The Morgan fingerprint density at radius 2 is 2.13 bits per heavy atom. The molecular formula is C12H18N2O. The Morgan fingerprint density at radius 3 is 2.67 bits per heavy atom. The number of carbonyl (C=O) groups is 1. The van der Waals surface area contributed by atoms with E-state index in [0.29, 0.717) is 6.42 Å². The third kappa shape index (κ3) is 3.36. The number of benzene rings is 1. The molecule has 0 aliphatic heterocycles. The molecule has 0 spiro atoms. The summed E-state index contributed by atoms with van der Waals surface area (Å²) in [4.78, 5) is 11.0. The third-order valence-corrected chi connectivity index (χ3v) is 2.53. The van der Waals surface area contributed by atoms with Crippen LogP contribution in [0.4, 0.5) is 0 Å². The van der Waals surface area contributed by atoms with Gasteiger partial charge in [0.1, 0.15) is 0 Å². The van der Waals surface area contributed by atoms with Crippen molar-refractivity contribution in [2.75, 3.05) is 7.05 Å². The van der Waals surface area contributed by atoms with Crippen molar-refractivity contribution in [1.29, 1.82) is 0 Å². The molecule has 0 bridgehead atoms. The molecule has 0 saturated carbocycles. The molecule has 0 fully saturated rings. The lowest BCUT2D eigenvalue weighted by molar-refractivity contribution is -0.119. The number of primary amides is 1. The van der Waals surface area contributed by atoms with Gasteiger partial charge < -0.3 is 11.1 Å². The Hall–Kier alpha value is -1.35. The minimum atomic E-state index is -0.306. The fourth-order valence-electron chi connectivity index (χ4n) is 1.56. The van der Waals surface area contributed by atoms with E-state index in [-0.39, 0.29) is 11.9 Å². The number of hydrogen-bond donors (Lipinski definition) is 2. The zero-order chi connectivity index (χ0) is 11.3. The molecule has 1 rings (SSSR count). The summed E-state index contributed by atoms with van der Waals surface area (Å²) in [6, 6.07) is 7.96. The number of nitrogens with one attached hydrogen (secondary N) is 1. The zero-order valence-electron chi connectivity index (χ0n) is 9.29. The van der Waals surface area contributed by atoms with Gasteiger partial charge in [0, 0.05) is 0 Å². The highest BCUT2D eigenvalue weighted by atomic mass is 16.1. The van der Waals surface area contributed by atoms with E-state index in [1.54, 1.807) is 7.05 Å². The molecule has 0 heterocycles. The van der Waals surface area contributed by atoms with Gasteiger partial charge in [-0.1, -0.05) is 31.2 Å². The molecule has 1 aromatic rings. The summed E-state index contributed by atoms with van der Waals surface area (Å²) in [5.74, 6) is -0.306. The Kier molecular flexibility index (Phi) is 4.31. The summed E-state index contributed by atoms with van der Waals surface area (Å²) >= 11 is 0. The Bertz CT molecular complexity index is 336. The average Bonchev–Trinajstić information content (AvgIpc) is 2.25. The van der Waals surface area contributed by atoms with Crippen molar-refractivity contribution in [3.8, 4) is 0 Å². The van der Waals surface area contributed by atoms with Gasteiger partial charge in [0.05, 0.1) is 6.04 Å². The molecule has 0 aromatic heterocycles. The lowest BCUT2D eigenvalue weighted by Gasteiger charge is -2.12. The smallest absolute Gasteiger partial charge is 0.234 e. The number of likely N-dealkylation sites (N-methyl/N-ethyl adjacent to an activating group) is 1. The van der Waals surface area contributed by atoms with Crippen LogP contribution < -0.4 is 11.1 Å². The predicted octanol–water partition coefficient (Wildman–Crippen LogP) is 0.865. The number of rotatable bonds is 5. The molecule has 0 unspecified atom stereocenters. The molecule has 1 aromatic carbocycles. The molecule has 0 aliphatic carbocycles. The van der Waals surface area contributed by atoms with Crippen molar-refractivity contribution in [3.05, 3.63) is 35.4 Å². The quantitative estimate of drug-likeness (QED) is 0.751. The van der Waals surface area contributed by atoms with Gasteiger partial charge in [0.15, 0.2) is 0 Å². The van der Waals surface area contributed by atoms with Gasteiger partial charge in [-0.3, -0.25) is 4.79 Å². The summed E-state index contributed by atoms with van der Waals surface area (Å²) in [6.45, 7) is 2.11. The average molecular weight is 206 g/mol. The molecule has 0 aliphatic rings. The van der Waals surface area contributed by atoms with Gasteiger partial charge in [0.2, 0.25) is 5.91 Å². The molecular weight excluding hydrogens is 188 g/mol. The SMILES string of the molecule is CCc1cccc(C[C@H](NC)C(N)=O)c1. The second-order valence-electron chi connectivity index (χ2n) is 3.62. The standard InChI is InChI=1S/C12H18N2O/c1-3-9-5-4-6-10(7-9)8-11(14-2)12(13)15/h4-7,11,14H,3,8H2,1-2H3,(H2,13,15)/t11-/m0/s1. The van der Waals surface area contributed by atoms with Crippen molar-refractivity contribution in [3.63, 3.8) is 0 Å². The van der Waals surface area contributed by atoms with Crippen LogP contribution >= 0.6 is 0 Å². The fourth-order valence-corrected chi connectivity index (χ4v) is 1.56. The van der Waals surface area contributed by atoms with Crippen molar-refractivity contribution >= 4 is 5.91 Å². The van der Waals surface area contributed by atoms with E-state index in [9.17, 15) is 4.79 Å². The molecule has 15 heavy (non-hydrogen) atoms. The van der Waals surface area contributed by atoms with Crippen LogP contribution in [0.3, 0.4) is 0 Å². The van der Waals surface area contributed by atoms with Gasteiger partial charge in [-0.05, 0) is 31.0 Å². The molecule has 82 valence electrons. The first-order valence-electron chi connectivity index (χ1n) is 5.21. The van der Waals surface area contributed by atoms with E-state index in [1.807, 2.05) is 12.1 Å². The molecule has 1 amide bonds. The normalized spacial score (nSPS) is 12.4. The highest BCUT2D eigenvalue weighted by Gasteiger charge is 2.12. The number of aryl methyl sites for hydroxylation is 1. The summed E-state index contributed by atoms with van der Waals surface area (Å²) in [5.41, 5.74) is 7.69. The van der Waals surface area contributed by atoms with Gasteiger partial charge >= 0.3 is 0 Å². The summed E-state index contributed by atoms with van der Waals surface area (Å²) < 4.78 is 0. The van der Waals surface area contributed by atoms with E-state index < -0.39 is 0 Å². The van der Waals surface area contributed by atoms with Gasteiger partial charge in [0.25, 0.3) is 0 Å². The number of amides is 1. The van der Waals surface area contributed by atoms with E-state index in [2.05, 4.69) is 24.4 Å². The van der Waals surface area contributed by atoms with Crippen molar-refractivity contribution in [2.45, 2.75) is 25.8 Å². The van der Waals surface area contributed by atoms with Gasteiger partial charge in [-0.15, -0.1) is 0 Å². The van der Waals surface area contributed by atoms with Crippen LogP contribution in [0.5, 0.6) is 0 Å². The number of hydrogen-bond acceptors (Lipinski definition) is 2. The third-order valence-electron chi connectivity index (χ3n) is 2.53. The maximum Gasteiger partial charge on any atom is 0.234 e. The maximum absolute atomic E-state index is 11.0. The maximum atomic E-state index is 11.0. The first-order chi connectivity index (χ1) is 7.17. The highest BCUT2D eigenvalue weighted by molar-refractivity contribution is 5.80. The van der Waals surface area contributed by atoms with E-state index >= 15 is 0 Å². The molecule has 3 heteroatoms. The minimum Gasteiger partial charge on any atom is -0.368 e. The minimum absolute atomic E-state index is 0.280. The fraction of sp³-hybridized carbons (Fsp3) is 0.417. The molecule has 3 nitrogen and oxygen atoms in total. The predicted molar refractivity (Wildman–Crippen MR) is 61.6 cm³/mol. The summed E-state index contributed by atoms with van der Waals surface area (Å²) in [7, 11) is 1.75. The second-order valence-corrected chi connectivity index (χ2v) is 3.62. The molecule has 1 atom stereocenters. The zero-order valence-corrected chi connectivity index (χ0v) is 9.29. The van der Waals surface area contributed by atoms with Gasteiger partial charge in [-0.25, -0.2) is 0 Å². The van der Waals surface area contributed by atoms with E-state index in [4.69, 9.17) is 5.73 Å². The second kappa shape index (κ2) is 5.51. The van der Waals surface area contributed by atoms with Crippen LogP contribution in [0.15, 0.2) is 24.3 Å². The van der Waals surface area contributed by atoms with Crippen LogP contribution in [0.1, 0.15) is 18.1 Å². The molecule has 0 saturated heterocycles. The largest absolute Gasteiger partial charge is 0.368 e. The van der Waals surface area contributed by atoms with Crippen LogP contribution in [0, 0.1) is 0 Å². The summed E-state index contributed by atoms with van der Waals surface area (Å²) in [6.07, 6.45) is 1.66. The Morgan fingerprint density at radius 1 is 1.47 bits per heavy atom. The molecule has 3 N–H and O–H groups in total. The summed E-state index contributed by atoms with van der Waals surface area (Å²) in [5, 5.41) is 2.91. The first-order valence-corrected chi connectivity index (χ1v) is 5.21. The van der Waals surface area contributed by atoms with Crippen LogP contribution in [0.2, 0.25) is 0 Å². The van der Waals surface area contributed by atoms with Gasteiger partial charge in [-0.2, -0.15) is 0 Å². The van der Waals surface area contributed by atoms with Crippen molar-refractivity contribution < 1.29 is 4.79 Å². The molecule has 0 radical (unpaired) electrons. The van der Waals surface area contributed by atoms with Crippen LogP contribution in [0.25, 0.3) is 0 Å². The Balaban J connectivity index is 2.74. The highest BCUT2D eigenvalue weighted by Crippen LogP contribution is 2.08. The Labute approximate surface area is 90.7 Å². The van der Waals surface area contributed by atoms with E-state index in [1.165, 1.54) is 5.56 Å². The number of carbonyl (C=O) groups excluding carboxylic acids is 1. The first kappa shape index (κ1) is 11.7. The van der Waals surface area contributed by atoms with E-state index in [0.717, 1.165) is 12.0 Å². The van der Waals surface area contributed by atoms with Crippen LogP contribution in [-0.2, 0) is 17.6 Å².